The molecule has 0 rings (SSSR count). The van der Waals surface area contributed by atoms with E-state index < -0.39 is 26.5 Å². The zero-order valence-electron chi connectivity index (χ0n) is 31.6. The summed E-state index contributed by atoms with van der Waals surface area (Å²) in [6, 6.07) is 0. The van der Waals surface area contributed by atoms with Crippen molar-refractivity contribution in [3.8, 4) is 0 Å². The highest BCUT2D eigenvalue weighted by Gasteiger charge is 2.23. The fraction of sp³-hybridized carbons (Fsp3) is 0.750. The van der Waals surface area contributed by atoms with E-state index in [9.17, 15) is 24.2 Å². The topological polar surface area (TPSA) is 131 Å². The molecular formula is C40H72NO8P. The van der Waals surface area contributed by atoms with E-state index in [1.807, 2.05) is 0 Å². The first-order valence-corrected chi connectivity index (χ1v) is 21.1. The van der Waals surface area contributed by atoms with Crippen LogP contribution in [0.25, 0.3) is 0 Å². The molecule has 3 N–H and O–H groups in total. The number of phosphoric ester groups is 1. The molecule has 0 spiro atoms. The first-order chi connectivity index (χ1) is 24.3. The Labute approximate surface area is 305 Å². The molecule has 0 aliphatic rings. The van der Waals surface area contributed by atoms with Crippen LogP contribution in [0, 0.1) is 0 Å². The van der Waals surface area contributed by atoms with Gasteiger partial charge in [0.05, 0.1) is 13.2 Å². The minimum absolute atomic E-state index is 0.0742. The highest BCUT2D eigenvalue weighted by Crippen LogP contribution is 2.42. The summed E-state index contributed by atoms with van der Waals surface area (Å²) >= 11 is 0. The zero-order valence-corrected chi connectivity index (χ0v) is 32.5. The summed E-state index contributed by atoms with van der Waals surface area (Å²) in [7, 11) is -4.41. The monoisotopic (exact) mass is 725 g/mol. The molecular weight excluding hydrogens is 653 g/mol. The quantitative estimate of drug-likeness (QED) is 0.0252. The van der Waals surface area contributed by atoms with Gasteiger partial charge in [-0.2, -0.15) is 0 Å². The zero-order chi connectivity index (χ0) is 36.8. The van der Waals surface area contributed by atoms with Gasteiger partial charge in [0.2, 0.25) is 5.91 Å². The van der Waals surface area contributed by atoms with Crippen molar-refractivity contribution in [3.05, 3.63) is 48.6 Å². The second-order valence-electron chi connectivity index (χ2n) is 12.9. The normalized spacial score (nSPS) is 13.9. The van der Waals surface area contributed by atoms with Crippen LogP contribution >= 0.6 is 7.82 Å². The Balaban J connectivity index is 3.61. The maximum Gasteiger partial charge on any atom is 0.472 e. The van der Waals surface area contributed by atoms with Crippen molar-refractivity contribution in [3.63, 3.8) is 0 Å². The van der Waals surface area contributed by atoms with E-state index in [1.54, 1.807) is 0 Å². The van der Waals surface area contributed by atoms with Gasteiger partial charge < -0.3 is 20.1 Å². The Morgan fingerprint density at radius 3 is 1.66 bits per heavy atom. The van der Waals surface area contributed by atoms with E-state index >= 15 is 0 Å². The number of nitrogens with one attached hydrogen (secondary N) is 1. The molecule has 0 aromatic heterocycles. The minimum Gasteiger partial charge on any atom is -0.463 e. The molecule has 0 aliphatic heterocycles. The maximum atomic E-state index is 12.0. The van der Waals surface area contributed by atoms with E-state index in [2.05, 4.69) is 67.8 Å². The summed E-state index contributed by atoms with van der Waals surface area (Å²) < 4.78 is 26.6. The summed E-state index contributed by atoms with van der Waals surface area (Å²) in [6.45, 7) is 3.41. The number of ether oxygens (including phenoxy) is 1. The highest BCUT2D eigenvalue weighted by atomic mass is 31.2. The van der Waals surface area contributed by atoms with Gasteiger partial charge in [0.1, 0.15) is 12.7 Å². The van der Waals surface area contributed by atoms with E-state index in [0.717, 1.165) is 70.6 Å². The number of unbranched alkanes of at least 4 members (excludes halogenated alkanes) is 15. The average molecular weight is 726 g/mol. The first kappa shape index (κ1) is 48.0. The molecule has 10 heteroatoms. The third kappa shape index (κ3) is 37.2. The molecule has 0 aromatic rings. The largest absolute Gasteiger partial charge is 0.472 e. The van der Waals surface area contributed by atoms with Crippen molar-refractivity contribution in [2.75, 3.05) is 26.4 Å². The Morgan fingerprint density at radius 2 is 1.08 bits per heavy atom. The van der Waals surface area contributed by atoms with Gasteiger partial charge in [-0.15, -0.1) is 0 Å². The lowest BCUT2D eigenvalue weighted by molar-refractivity contribution is -0.147. The van der Waals surface area contributed by atoms with Gasteiger partial charge in [0.25, 0.3) is 0 Å². The standard InChI is InChI=1S/C40H72NO8P/c1-3-5-7-9-11-12-13-14-15-16-17-18-19-20-21-22-23-24-25-26-27-28-30-32-39(43)41-34-35-48-50(45,46)49-37-38(42)36-47-40(44)33-31-29-10-8-6-4-2/h11-12,14-15,17-18,20-21,38,42H,3-10,13,16,19,22-37H2,1-2H3,(H,41,43)(H,45,46)/b12-11-,15-14-,18-17-,21-20-. The van der Waals surface area contributed by atoms with Gasteiger partial charge >= 0.3 is 13.8 Å². The Hall–Kier alpha value is -2.03. The molecule has 0 aliphatic carbocycles. The molecule has 0 aromatic carbocycles. The fourth-order valence-electron chi connectivity index (χ4n) is 5.01. The second-order valence-corrected chi connectivity index (χ2v) is 14.4. The summed E-state index contributed by atoms with van der Waals surface area (Å²) in [4.78, 5) is 33.6. The summed E-state index contributed by atoms with van der Waals surface area (Å²) in [5, 5.41) is 12.6. The molecule has 0 saturated carbocycles. The molecule has 0 bridgehead atoms. The number of hydrogen-bond acceptors (Lipinski definition) is 7. The summed E-state index contributed by atoms with van der Waals surface area (Å²) in [6.07, 6.45) is 40.7. The van der Waals surface area contributed by atoms with E-state index in [-0.39, 0.29) is 32.1 Å². The van der Waals surface area contributed by atoms with Gasteiger partial charge in [-0.25, -0.2) is 4.57 Å². The van der Waals surface area contributed by atoms with Gasteiger partial charge in [-0.3, -0.25) is 18.6 Å². The number of allylic oxidation sites excluding steroid dienone is 8. The van der Waals surface area contributed by atoms with Crippen molar-refractivity contribution >= 4 is 19.7 Å². The maximum absolute atomic E-state index is 12.0. The Bertz CT molecular complexity index is 965. The molecule has 2 atom stereocenters. The van der Waals surface area contributed by atoms with Crippen LogP contribution < -0.4 is 5.32 Å². The van der Waals surface area contributed by atoms with Gasteiger partial charge in [-0.05, 0) is 57.8 Å². The number of phosphoric acid groups is 1. The number of carbonyl (C=O) groups is 2. The Morgan fingerprint density at radius 1 is 0.620 bits per heavy atom. The SMILES string of the molecule is CCCCC/C=C\C/C=C\C/C=C\C/C=C\CCCCCCCCCC(=O)NCCOP(=O)(O)OCC(O)COC(=O)CCCCCCCC. The summed E-state index contributed by atoms with van der Waals surface area (Å²) in [5.41, 5.74) is 0. The first-order valence-electron chi connectivity index (χ1n) is 19.6. The molecule has 290 valence electrons. The van der Waals surface area contributed by atoms with Crippen LogP contribution in [-0.2, 0) is 27.9 Å². The Kier molecular flexibility index (Phi) is 35.3. The minimum atomic E-state index is -4.41. The van der Waals surface area contributed by atoms with Crippen LogP contribution in [-0.4, -0.2) is 54.3 Å². The van der Waals surface area contributed by atoms with E-state index in [1.165, 1.54) is 64.2 Å². The molecule has 9 nitrogen and oxygen atoms in total. The molecule has 50 heavy (non-hydrogen) atoms. The molecule has 0 fully saturated rings. The average Bonchev–Trinajstić information content (AvgIpc) is 3.10. The van der Waals surface area contributed by atoms with Crippen molar-refractivity contribution < 1.29 is 37.9 Å². The second kappa shape index (κ2) is 36.8. The number of aliphatic hydroxyl groups excluding tert-OH is 1. The lowest BCUT2D eigenvalue weighted by Crippen LogP contribution is -2.27. The van der Waals surface area contributed by atoms with Crippen molar-refractivity contribution in [1.29, 1.82) is 0 Å². The van der Waals surface area contributed by atoms with E-state index in [4.69, 9.17) is 13.8 Å². The molecule has 0 heterocycles. The number of esters is 1. The molecule has 0 radical (unpaired) electrons. The van der Waals surface area contributed by atoms with Crippen molar-refractivity contribution in [2.45, 2.75) is 168 Å². The van der Waals surface area contributed by atoms with Crippen LogP contribution in [0.1, 0.15) is 162 Å². The lowest BCUT2D eigenvalue weighted by atomic mass is 10.1. The number of aliphatic hydroxyl groups is 1. The predicted octanol–water partition coefficient (Wildman–Crippen LogP) is 10.4. The van der Waals surface area contributed by atoms with Crippen molar-refractivity contribution in [1.82, 2.24) is 5.32 Å². The highest BCUT2D eigenvalue weighted by molar-refractivity contribution is 7.47. The van der Waals surface area contributed by atoms with Crippen LogP contribution in [0.4, 0.5) is 0 Å². The van der Waals surface area contributed by atoms with Crippen LogP contribution in [0.5, 0.6) is 0 Å². The summed E-state index contributed by atoms with van der Waals surface area (Å²) in [5.74, 6) is -0.539. The number of carbonyl (C=O) groups excluding carboxylic acids is 2. The van der Waals surface area contributed by atoms with Crippen LogP contribution in [0.3, 0.4) is 0 Å². The number of amides is 1. The van der Waals surface area contributed by atoms with Crippen molar-refractivity contribution in [2.24, 2.45) is 0 Å². The third-order valence-corrected chi connectivity index (χ3v) is 9.00. The molecule has 1 amide bonds. The predicted molar refractivity (Wildman–Crippen MR) is 206 cm³/mol. The number of hydrogen-bond donors (Lipinski definition) is 3. The fourth-order valence-corrected chi connectivity index (χ4v) is 5.77. The smallest absolute Gasteiger partial charge is 0.463 e. The molecule has 0 saturated heterocycles. The van der Waals surface area contributed by atoms with Gasteiger partial charge in [-0.1, -0.05) is 140 Å². The molecule has 2 unspecified atom stereocenters. The van der Waals surface area contributed by atoms with Crippen LogP contribution in [0.15, 0.2) is 48.6 Å². The number of rotatable bonds is 36. The van der Waals surface area contributed by atoms with E-state index in [0.29, 0.717) is 6.42 Å². The third-order valence-electron chi connectivity index (χ3n) is 8.01. The van der Waals surface area contributed by atoms with Gasteiger partial charge in [0.15, 0.2) is 0 Å². The lowest BCUT2D eigenvalue weighted by Gasteiger charge is -2.15. The van der Waals surface area contributed by atoms with Crippen LogP contribution in [0.2, 0.25) is 0 Å². The van der Waals surface area contributed by atoms with Gasteiger partial charge in [0, 0.05) is 19.4 Å².